The summed E-state index contributed by atoms with van der Waals surface area (Å²) in [6.45, 7) is 1.64. The number of likely N-dealkylation sites (tertiary alicyclic amines) is 1. The van der Waals surface area contributed by atoms with Crippen molar-refractivity contribution >= 4 is 21.6 Å². The molecule has 1 aromatic heterocycles. The van der Waals surface area contributed by atoms with Gasteiger partial charge in [0.05, 0.1) is 11.9 Å². The summed E-state index contributed by atoms with van der Waals surface area (Å²) in [5, 5.41) is 7.32. The van der Waals surface area contributed by atoms with E-state index in [1.165, 1.54) is 22.9 Å². The maximum atomic E-state index is 13.9. The van der Waals surface area contributed by atoms with Crippen LogP contribution in [0.1, 0.15) is 18.4 Å². The number of benzene rings is 1. The van der Waals surface area contributed by atoms with Gasteiger partial charge in [0.25, 0.3) is 5.56 Å². The Morgan fingerprint density at radius 2 is 2.08 bits per heavy atom. The summed E-state index contributed by atoms with van der Waals surface area (Å²) in [6.07, 6.45) is 3.42. The number of rotatable bonds is 4. The molecule has 2 aromatic rings. The van der Waals surface area contributed by atoms with E-state index in [0.717, 1.165) is 19.4 Å². The number of hydrogen-bond acceptors (Lipinski definition) is 4. The van der Waals surface area contributed by atoms with Crippen LogP contribution < -0.4 is 10.9 Å². The average Bonchev–Trinajstić information content (AvgIpc) is 2.59. The van der Waals surface area contributed by atoms with Crippen LogP contribution in [0.2, 0.25) is 0 Å². The molecule has 1 aliphatic rings. The normalized spacial score (nSPS) is 18.3. The van der Waals surface area contributed by atoms with E-state index in [9.17, 15) is 13.6 Å². The molecule has 1 atom stereocenters. The third-order valence-corrected chi connectivity index (χ3v) is 5.15. The van der Waals surface area contributed by atoms with E-state index in [1.807, 2.05) is 4.90 Å². The lowest BCUT2D eigenvalue weighted by Crippen LogP contribution is -2.42. The van der Waals surface area contributed by atoms with Crippen molar-refractivity contribution in [2.45, 2.75) is 25.4 Å². The van der Waals surface area contributed by atoms with E-state index in [1.54, 1.807) is 13.2 Å². The highest BCUT2D eigenvalue weighted by atomic mass is 79.9. The molecule has 3 rings (SSSR count). The van der Waals surface area contributed by atoms with Gasteiger partial charge in [0, 0.05) is 31.7 Å². The van der Waals surface area contributed by atoms with Gasteiger partial charge in [-0.2, -0.15) is 5.10 Å². The van der Waals surface area contributed by atoms with Crippen molar-refractivity contribution < 1.29 is 8.78 Å². The minimum atomic E-state index is -0.520. The maximum Gasteiger partial charge on any atom is 0.282 e. The summed E-state index contributed by atoms with van der Waals surface area (Å²) in [5.41, 5.74) is 0.512. The highest BCUT2D eigenvalue weighted by Crippen LogP contribution is 2.22. The van der Waals surface area contributed by atoms with Gasteiger partial charge in [0.1, 0.15) is 16.1 Å². The van der Waals surface area contributed by atoms with E-state index in [4.69, 9.17) is 0 Å². The summed E-state index contributed by atoms with van der Waals surface area (Å²) in [4.78, 5) is 14.0. The summed E-state index contributed by atoms with van der Waals surface area (Å²) < 4.78 is 29.4. The van der Waals surface area contributed by atoms with E-state index >= 15 is 0 Å². The third kappa shape index (κ3) is 4.07. The molecule has 1 aliphatic heterocycles. The molecule has 0 bridgehead atoms. The van der Waals surface area contributed by atoms with E-state index < -0.39 is 11.6 Å². The zero-order valence-electron chi connectivity index (χ0n) is 13.8. The number of nitrogens with zero attached hydrogens (tertiary/aromatic N) is 3. The van der Waals surface area contributed by atoms with Crippen LogP contribution in [0.15, 0.2) is 33.7 Å². The standard InChI is InChI=1S/C17H19BrF2N4O/c1-23-17(25)16(18)15(8-21-23)22-11-4-3-7-24(9-11)10-12-13(19)5-2-6-14(12)20/h2,5-6,8,11,22H,3-4,7,9-10H2,1H3. The predicted molar refractivity (Wildman–Crippen MR) is 95.5 cm³/mol. The molecule has 5 nitrogen and oxygen atoms in total. The highest BCUT2D eigenvalue weighted by molar-refractivity contribution is 9.10. The molecular formula is C17H19BrF2N4O. The molecule has 0 saturated carbocycles. The number of halogens is 3. The molecule has 1 saturated heterocycles. The van der Waals surface area contributed by atoms with Gasteiger partial charge in [-0.05, 0) is 47.4 Å². The second-order valence-electron chi connectivity index (χ2n) is 6.22. The number of aromatic nitrogens is 2. The molecule has 1 aromatic carbocycles. The van der Waals surface area contributed by atoms with Crippen LogP contribution in [-0.4, -0.2) is 33.8 Å². The number of anilines is 1. The van der Waals surface area contributed by atoms with Crippen LogP contribution in [0.5, 0.6) is 0 Å². The Morgan fingerprint density at radius 1 is 1.36 bits per heavy atom. The van der Waals surface area contributed by atoms with Gasteiger partial charge in [-0.3, -0.25) is 9.69 Å². The second-order valence-corrected chi connectivity index (χ2v) is 7.01. The molecule has 0 amide bonds. The number of aryl methyl sites for hydroxylation is 1. The first-order valence-corrected chi connectivity index (χ1v) is 8.88. The molecule has 25 heavy (non-hydrogen) atoms. The van der Waals surface area contributed by atoms with E-state index in [2.05, 4.69) is 26.3 Å². The molecule has 8 heteroatoms. The summed E-state index contributed by atoms with van der Waals surface area (Å²) in [6, 6.07) is 4.00. The van der Waals surface area contributed by atoms with E-state index in [0.29, 0.717) is 16.7 Å². The van der Waals surface area contributed by atoms with Crippen molar-refractivity contribution in [3.63, 3.8) is 0 Å². The molecule has 1 N–H and O–H groups in total. The molecule has 1 fully saturated rings. The van der Waals surface area contributed by atoms with Crippen molar-refractivity contribution in [3.8, 4) is 0 Å². The van der Waals surface area contributed by atoms with E-state index in [-0.39, 0.29) is 23.7 Å². The molecule has 134 valence electrons. The van der Waals surface area contributed by atoms with Crippen molar-refractivity contribution in [3.05, 3.63) is 56.4 Å². The van der Waals surface area contributed by atoms with Crippen molar-refractivity contribution in [1.29, 1.82) is 0 Å². The van der Waals surface area contributed by atoms with Crippen LogP contribution in [0.4, 0.5) is 14.5 Å². The molecule has 0 aliphatic carbocycles. The van der Waals surface area contributed by atoms with Gasteiger partial charge in [0.2, 0.25) is 0 Å². The predicted octanol–water partition coefficient (Wildman–Crippen LogP) is 2.90. The van der Waals surface area contributed by atoms with Gasteiger partial charge in [-0.25, -0.2) is 13.5 Å². The highest BCUT2D eigenvalue weighted by Gasteiger charge is 2.23. The van der Waals surface area contributed by atoms with Gasteiger partial charge in [-0.1, -0.05) is 6.07 Å². The second kappa shape index (κ2) is 7.61. The Kier molecular flexibility index (Phi) is 5.48. The minimum Gasteiger partial charge on any atom is -0.379 e. The van der Waals surface area contributed by atoms with Crippen LogP contribution in [0.25, 0.3) is 0 Å². The SMILES string of the molecule is Cn1ncc(NC2CCCN(Cc3c(F)cccc3F)C2)c(Br)c1=O. The fraction of sp³-hybridized carbons (Fsp3) is 0.412. The quantitative estimate of drug-likeness (QED) is 0.838. The first-order chi connectivity index (χ1) is 12.0. The Bertz CT molecular complexity index is 807. The zero-order valence-corrected chi connectivity index (χ0v) is 15.4. The summed E-state index contributed by atoms with van der Waals surface area (Å²) in [7, 11) is 1.59. The fourth-order valence-corrected chi connectivity index (χ4v) is 3.53. The van der Waals surface area contributed by atoms with Crippen LogP contribution in [0, 0.1) is 11.6 Å². The minimum absolute atomic E-state index is 0.0776. The Hall–Kier alpha value is -1.80. The molecule has 2 heterocycles. The lowest BCUT2D eigenvalue weighted by Gasteiger charge is -2.33. The lowest BCUT2D eigenvalue weighted by atomic mass is 10.0. The largest absolute Gasteiger partial charge is 0.379 e. The van der Waals surface area contributed by atoms with Crippen molar-refractivity contribution in [1.82, 2.24) is 14.7 Å². The van der Waals surface area contributed by atoms with Gasteiger partial charge in [-0.15, -0.1) is 0 Å². The first-order valence-electron chi connectivity index (χ1n) is 8.09. The summed E-state index contributed by atoms with van der Waals surface area (Å²) >= 11 is 3.30. The topological polar surface area (TPSA) is 50.2 Å². The third-order valence-electron chi connectivity index (χ3n) is 4.39. The molecule has 0 spiro atoms. The Balaban J connectivity index is 1.70. The molecule has 0 radical (unpaired) electrons. The Morgan fingerprint density at radius 3 is 2.80 bits per heavy atom. The van der Waals surface area contributed by atoms with Crippen molar-refractivity contribution in [2.24, 2.45) is 7.05 Å². The average molecular weight is 413 g/mol. The van der Waals surface area contributed by atoms with Gasteiger partial charge < -0.3 is 5.32 Å². The number of hydrogen-bond donors (Lipinski definition) is 1. The number of nitrogens with one attached hydrogen (secondary N) is 1. The monoisotopic (exact) mass is 412 g/mol. The zero-order chi connectivity index (χ0) is 18.0. The van der Waals surface area contributed by atoms with Crippen LogP contribution in [0.3, 0.4) is 0 Å². The summed E-state index contributed by atoms with van der Waals surface area (Å²) in [5.74, 6) is -1.04. The Labute approximate surface area is 152 Å². The molecular weight excluding hydrogens is 394 g/mol. The van der Waals surface area contributed by atoms with Gasteiger partial charge in [0.15, 0.2) is 0 Å². The maximum absolute atomic E-state index is 13.9. The molecule has 1 unspecified atom stereocenters. The smallest absolute Gasteiger partial charge is 0.282 e. The van der Waals surface area contributed by atoms with Crippen molar-refractivity contribution in [2.75, 3.05) is 18.4 Å². The van der Waals surface area contributed by atoms with Gasteiger partial charge >= 0.3 is 0 Å². The van der Waals surface area contributed by atoms with Crippen LogP contribution in [-0.2, 0) is 13.6 Å². The fourth-order valence-electron chi connectivity index (χ4n) is 3.06. The van der Waals surface area contributed by atoms with Crippen LogP contribution >= 0.6 is 15.9 Å². The first kappa shape index (κ1) is 18.0. The number of piperidine rings is 1. The lowest BCUT2D eigenvalue weighted by molar-refractivity contribution is 0.203.